The van der Waals surface area contributed by atoms with Crippen LogP contribution in [-0.2, 0) is 4.79 Å². The van der Waals surface area contributed by atoms with Crippen LogP contribution >= 0.6 is 46.3 Å². The summed E-state index contributed by atoms with van der Waals surface area (Å²) in [6, 6.07) is 7.60. The van der Waals surface area contributed by atoms with Crippen LogP contribution in [0.5, 0.6) is 0 Å². The molecule has 1 amide bonds. The summed E-state index contributed by atoms with van der Waals surface area (Å²) < 4.78 is 0.689. The molecule has 0 fully saturated rings. The molecule has 27 heavy (non-hydrogen) atoms. The summed E-state index contributed by atoms with van der Waals surface area (Å²) >= 11 is 14.5. The number of pyridine rings is 1. The van der Waals surface area contributed by atoms with Gasteiger partial charge < -0.3 is 10.6 Å². The molecule has 2 aromatic heterocycles. The van der Waals surface area contributed by atoms with Crippen molar-refractivity contribution in [3.8, 4) is 0 Å². The lowest BCUT2D eigenvalue weighted by Gasteiger charge is -2.09. The molecule has 0 radical (unpaired) electrons. The fraction of sp³-hybridized carbons (Fsp3) is 0.176. The van der Waals surface area contributed by atoms with E-state index in [1.807, 2.05) is 32.0 Å². The number of carbonyl (C=O) groups excluding carboxylic acids is 1. The molecule has 0 spiro atoms. The summed E-state index contributed by atoms with van der Waals surface area (Å²) in [6.07, 6.45) is 1.42. The fourth-order valence-electron chi connectivity index (χ4n) is 2.24. The van der Waals surface area contributed by atoms with Gasteiger partial charge in [-0.3, -0.25) is 4.79 Å². The maximum absolute atomic E-state index is 12.1. The smallest absolute Gasteiger partial charge is 0.236 e. The van der Waals surface area contributed by atoms with Gasteiger partial charge in [0.2, 0.25) is 11.0 Å². The lowest BCUT2D eigenvalue weighted by atomic mass is 10.1. The molecule has 140 valence electrons. The zero-order valence-corrected chi connectivity index (χ0v) is 17.6. The number of aryl methyl sites for hydroxylation is 2. The topological polar surface area (TPSA) is 79.8 Å². The van der Waals surface area contributed by atoms with Crippen LogP contribution < -0.4 is 10.6 Å². The van der Waals surface area contributed by atoms with Crippen LogP contribution in [0.1, 0.15) is 11.1 Å². The predicted octanol–water partition coefficient (Wildman–Crippen LogP) is 5.33. The summed E-state index contributed by atoms with van der Waals surface area (Å²) in [5.41, 5.74) is 3.28. The van der Waals surface area contributed by atoms with Gasteiger partial charge in [0.15, 0.2) is 10.2 Å². The van der Waals surface area contributed by atoms with Gasteiger partial charge in [-0.25, -0.2) is 4.98 Å². The summed E-state index contributed by atoms with van der Waals surface area (Å²) in [4.78, 5) is 16.1. The quantitative estimate of drug-likeness (QED) is 0.505. The van der Waals surface area contributed by atoms with E-state index in [0.29, 0.717) is 14.5 Å². The van der Waals surface area contributed by atoms with Crippen LogP contribution in [0, 0.1) is 13.8 Å². The molecule has 0 atom stereocenters. The molecule has 2 heterocycles. The van der Waals surface area contributed by atoms with Crippen LogP contribution in [0.2, 0.25) is 10.0 Å². The monoisotopic (exact) mass is 439 g/mol. The summed E-state index contributed by atoms with van der Waals surface area (Å²) in [7, 11) is 0. The number of benzene rings is 1. The van der Waals surface area contributed by atoms with E-state index < -0.39 is 0 Å². The van der Waals surface area contributed by atoms with Gasteiger partial charge in [-0.2, -0.15) is 0 Å². The van der Waals surface area contributed by atoms with Crippen LogP contribution in [-0.4, -0.2) is 26.8 Å². The van der Waals surface area contributed by atoms with Crippen molar-refractivity contribution in [2.45, 2.75) is 18.2 Å². The number of nitrogens with one attached hydrogen (secondary N) is 2. The molecule has 10 heteroatoms. The van der Waals surface area contributed by atoms with Crippen LogP contribution in [0.25, 0.3) is 0 Å². The van der Waals surface area contributed by atoms with Crippen molar-refractivity contribution in [3.63, 3.8) is 0 Å². The number of anilines is 3. The number of hydrogen-bond donors (Lipinski definition) is 2. The second kappa shape index (κ2) is 8.88. The van der Waals surface area contributed by atoms with Crippen LogP contribution in [0.4, 0.5) is 16.6 Å². The third-order valence-electron chi connectivity index (χ3n) is 3.51. The molecule has 3 rings (SSSR count). The van der Waals surface area contributed by atoms with Crippen molar-refractivity contribution < 1.29 is 4.79 Å². The number of halogens is 2. The molecule has 0 aliphatic heterocycles. The third kappa shape index (κ3) is 5.32. The Bertz CT molecular complexity index is 959. The minimum Gasteiger partial charge on any atom is -0.330 e. The first-order chi connectivity index (χ1) is 12.9. The zero-order chi connectivity index (χ0) is 19.4. The first kappa shape index (κ1) is 19.9. The minimum atomic E-state index is -0.240. The van der Waals surface area contributed by atoms with Gasteiger partial charge in [0.05, 0.1) is 15.8 Å². The normalized spacial score (nSPS) is 10.7. The Balaban J connectivity index is 1.57. The number of carbonyl (C=O) groups is 1. The number of thioether (sulfide) groups is 1. The maximum atomic E-state index is 12.1. The van der Waals surface area contributed by atoms with Crippen molar-refractivity contribution >= 4 is 68.8 Å². The molecule has 0 aliphatic carbocycles. The zero-order valence-electron chi connectivity index (χ0n) is 14.4. The molecule has 3 aromatic rings. The molecule has 0 aliphatic rings. The second-order valence-corrected chi connectivity index (χ2v) is 8.63. The van der Waals surface area contributed by atoms with Gasteiger partial charge in [0.25, 0.3) is 0 Å². The fourth-order valence-corrected chi connectivity index (χ4v) is 4.22. The Morgan fingerprint density at radius 1 is 1.22 bits per heavy atom. The first-order valence-electron chi connectivity index (χ1n) is 7.83. The molecular formula is C17H15Cl2N5OS2. The molecule has 6 nitrogen and oxygen atoms in total. The number of nitrogens with zero attached hydrogens (tertiary/aromatic N) is 3. The summed E-state index contributed by atoms with van der Waals surface area (Å²) in [5, 5.41) is 15.6. The first-order valence-corrected chi connectivity index (χ1v) is 10.4. The number of amides is 1. The largest absolute Gasteiger partial charge is 0.330 e. The Kier molecular flexibility index (Phi) is 6.54. The Morgan fingerprint density at radius 2 is 1.96 bits per heavy atom. The number of aromatic nitrogens is 3. The Labute approximate surface area is 174 Å². The summed E-state index contributed by atoms with van der Waals surface area (Å²) in [6.45, 7) is 4.07. The predicted molar refractivity (Wildman–Crippen MR) is 113 cm³/mol. The molecule has 0 unspecified atom stereocenters. The molecule has 0 bridgehead atoms. The van der Waals surface area contributed by atoms with Gasteiger partial charge in [0.1, 0.15) is 0 Å². The van der Waals surface area contributed by atoms with E-state index in [4.69, 9.17) is 23.2 Å². The molecule has 1 aromatic carbocycles. The maximum Gasteiger partial charge on any atom is 0.236 e. The highest BCUT2D eigenvalue weighted by molar-refractivity contribution is 8.01. The molecular weight excluding hydrogens is 425 g/mol. The van der Waals surface area contributed by atoms with E-state index in [2.05, 4.69) is 25.8 Å². The van der Waals surface area contributed by atoms with Crippen molar-refractivity contribution in [1.82, 2.24) is 15.2 Å². The lowest BCUT2D eigenvalue weighted by Crippen LogP contribution is -2.15. The van der Waals surface area contributed by atoms with E-state index in [-0.39, 0.29) is 22.5 Å². The average Bonchev–Trinajstić information content (AvgIpc) is 3.07. The van der Waals surface area contributed by atoms with Gasteiger partial charge in [-0.1, -0.05) is 64.5 Å². The van der Waals surface area contributed by atoms with Crippen LogP contribution in [0.15, 0.2) is 34.8 Å². The lowest BCUT2D eigenvalue weighted by molar-refractivity contribution is -0.113. The van der Waals surface area contributed by atoms with Crippen molar-refractivity contribution in [1.29, 1.82) is 0 Å². The van der Waals surface area contributed by atoms with Crippen molar-refractivity contribution in [3.05, 3.63) is 51.6 Å². The molecule has 0 saturated carbocycles. The highest BCUT2D eigenvalue weighted by Gasteiger charge is 2.12. The molecule has 0 saturated heterocycles. The number of rotatable bonds is 6. The number of hydrogen-bond acceptors (Lipinski definition) is 7. The van der Waals surface area contributed by atoms with E-state index >= 15 is 0 Å². The van der Waals surface area contributed by atoms with E-state index in [9.17, 15) is 4.79 Å². The highest BCUT2D eigenvalue weighted by atomic mass is 35.5. The highest BCUT2D eigenvalue weighted by Crippen LogP contribution is 2.30. The van der Waals surface area contributed by atoms with E-state index in [0.717, 1.165) is 16.8 Å². The van der Waals surface area contributed by atoms with E-state index in [1.54, 1.807) is 0 Å². The average molecular weight is 440 g/mol. The standard InChI is InChI=1S/C17H15Cl2N5OS2/c1-9-4-3-5-10(2)14(9)22-16-23-24-17(27-16)26-8-13(25)21-15-12(19)6-11(18)7-20-15/h3-7H,8H2,1-2H3,(H,22,23)(H,20,21,25). The number of para-hydroxylation sites is 1. The minimum absolute atomic E-state index is 0.165. The van der Waals surface area contributed by atoms with Crippen LogP contribution in [0.3, 0.4) is 0 Å². The van der Waals surface area contributed by atoms with E-state index in [1.165, 1.54) is 35.4 Å². The van der Waals surface area contributed by atoms with Gasteiger partial charge in [-0.05, 0) is 31.0 Å². The Morgan fingerprint density at radius 3 is 2.67 bits per heavy atom. The van der Waals surface area contributed by atoms with Crippen molar-refractivity contribution in [2.75, 3.05) is 16.4 Å². The SMILES string of the molecule is Cc1cccc(C)c1Nc1nnc(SCC(=O)Nc2ncc(Cl)cc2Cl)s1. The van der Waals surface area contributed by atoms with Gasteiger partial charge in [0, 0.05) is 11.9 Å². The van der Waals surface area contributed by atoms with Crippen molar-refractivity contribution in [2.24, 2.45) is 0 Å². The Hall–Kier alpha value is -1.87. The third-order valence-corrected chi connectivity index (χ3v) is 5.98. The van der Waals surface area contributed by atoms with Gasteiger partial charge in [-0.15, -0.1) is 10.2 Å². The summed E-state index contributed by atoms with van der Waals surface area (Å²) in [5.74, 6) is 0.205. The molecule has 2 N–H and O–H groups in total. The van der Waals surface area contributed by atoms with Gasteiger partial charge >= 0.3 is 0 Å². The second-order valence-electron chi connectivity index (χ2n) is 5.59.